The zero-order valence-corrected chi connectivity index (χ0v) is 10.5. The number of nitrogens with zero attached hydrogens (tertiary/aromatic N) is 2. The molecule has 0 bridgehead atoms. The summed E-state index contributed by atoms with van der Waals surface area (Å²) >= 11 is 0. The van der Waals surface area contributed by atoms with E-state index in [9.17, 15) is 9.18 Å². The molecule has 0 saturated carbocycles. The molecule has 0 aliphatic carbocycles. The van der Waals surface area contributed by atoms with Crippen LogP contribution in [0.5, 0.6) is 0 Å². The van der Waals surface area contributed by atoms with Gasteiger partial charge in [-0.3, -0.25) is 15.1 Å². The van der Waals surface area contributed by atoms with Crippen LogP contribution in [-0.2, 0) is 6.42 Å². The van der Waals surface area contributed by atoms with Gasteiger partial charge in [-0.05, 0) is 18.9 Å². The third-order valence-corrected chi connectivity index (χ3v) is 2.60. The normalized spacial score (nSPS) is 10.4. The Labute approximate surface area is 109 Å². The zero-order chi connectivity index (χ0) is 13.7. The molecule has 0 unspecified atom stereocenters. The van der Waals surface area contributed by atoms with Crippen molar-refractivity contribution in [3.8, 4) is 0 Å². The molecular formula is C13H14FN3O2. The van der Waals surface area contributed by atoms with Crippen molar-refractivity contribution in [1.29, 1.82) is 0 Å². The lowest BCUT2D eigenvalue weighted by Gasteiger charge is -2.01. The van der Waals surface area contributed by atoms with Gasteiger partial charge in [0.25, 0.3) is 5.91 Å². The van der Waals surface area contributed by atoms with Crippen LogP contribution in [0, 0.1) is 5.82 Å². The van der Waals surface area contributed by atoms with E-state index in [0.29, 0.717) is 0 Å². The first kappa shape index (κ1) is 13.2. The Bertz CT molecular complexity index is 569. The second-order valence-electron chi connectivity index (χ2n) is 4.10. The Balaban J connectivity index is 2.03. The highest BCUT2D eigenvalue weighted by Gasteiger charge is 2.13. The molecular weight excluding hydrogens is 249 g/mol. The quantitative estimate of drug-likeness (QED) is 0.900. The molecule has 2 aromatic heterocycles. The lowest BCUT2D eigenvalue weighted by atomic mass is 10.2. The fourth-order valence-corrected chi connectivity index (χ4v) is 1.59. The lowest BCUT2D eigenvalue weighted by molar-refractivity contribution is 0.102. The predicted octanol–water partition coefficient (Wildman–Crippen LogP) is 2.80. The van der Waals surface area contributed by atoms with Gasteiger partial charge in [0.15, 0.2) is 5.82 Å². The fraction of sp³-hybridized carbons (Fsp3) is 0.308. The van der Waals surface area contributed by atoms with Crippen molar-refractivity contribution < 1.29 is 13.7 Å². The highest BCUT2D eigenvalue weighted by Crippen LogP contribution is 2.14. The second kappa shape index (κ2) is 6.08. The summed E-state index contributed by atoms with van der Waals surface area (Å²) in [6, 6.07) is 2.95. The lowest BCUT2D eigenvalue weighted by Crippen LogP contribution is -2.13. The van der Waals surface area contributed by atoms with Crippen molar-refractivity contribution >= 4 is 11.8 Å². The molecule has 0 atom stereocenters. The minimum atomic E-state index is -0.675. The minimum absolute atomic E-state index is 0.0819. The van der Waals surface area contributed by atoms with Crippen LogP contribution in [0.4, 0.5) is 10.3 Å². The number of hydrogen-bond donors (Lipinski definition) is 1. The monoisotopic (exact) mass is 263 g/mol. The van der Waals surface area contributed by atoms with Gasteiger partial charge in [-0.15, -0.1) is 0 Å². The fourth-order valence-electron chi connectivity index (χ4n) is 1.59. The van der Waals surface area contributed by atoms with Gasteiger partial charge in [0.2, 0.25) is 5.88 Å². The van der Waals surface area contributed by atoms with E-state index in [4.69, 9.17) is 4.52 Å². The van der Waals surface area contributed by atoms with Crippen LogP contribution < -0.4 is 5.32 Å². The van der Waals surface area contributed by atoms with Crippen molar-refractivity contribution in [2.24, 2.45) is 0 Å². The predicted molar refractivity (Wildman–Crippen MR) is 67.3 cm³/mol. The van der Waals surface area contributed by atoms with E-state index in [-0.39, 0.29) is 11.4 Å². The minimum Gasteiger partial charge on any atom is -0.338 e. The van der Waals surface area contributed by atoms with Crippen LogP contribution in [0.1, 0.15) is 35.8 Å². The number of halogens is 1. The number of carbonyl (C=O) groups is 1. The van der Waals surface area contributed by atoms with Crippen molar-refractivity contribution in [2.75, 3.05) is 5.32 Å². The topological polar surface area (TPSA) is 68.0 Å². The average Bonchev–Trinajstić information content (AvgIpc) is 2.84. The molecule has 0 aliphatic rings. The Morgan fingerprint density at radius 1 is 1.53 bits per heavy atom. The van der Waals surface area contributed by atoms with E-state index in [1.54, 1.807) is 6.07 Å². The van der Waals surface area contributed by atoms with Crippen LogP contribution in [0.3, 0.4) is 0 Å². The van der Waals surface area contributed by atoms with E-state index in [1.807, 2.05) is 0 Å². The molecule has 5 nitrogen and oxygen atoms in total. The Hall–Kier alpha value is -2.24. The maximum atomic E-state index is 13.3. The molecule has 0 aliphatic heterocycles. The van der Waals surface area contributed by atoms with Gasteiger partial charge in [-0.1, -0.05) is 18.5 Å². The van der Waals surface area contributed by atoms with Gasteiger partial charge >= 0.3 is 0 Å². The number of rotatable bonds is 5. The number of carbonyl (C=O) groups excluding carboxylic acids is 1. The summed E-state index contributed by atoms with van der Waals surface area (Å²) in [4.78, 5) is 15.4. The number of aromatic nitrogens is 2. The smallest absolute Gasteiger partial charge is 0.261 e. The van der Waals surface area contributed by atoms with Crippen molar-refractivity contribution in [1.82, 2.24) is 10.1 Å². The van der Waals surface area contributed by atoms with E-state index in [0.717, 1.165) is 31.2 Å². The number of aryl methyl sites for hydroxylation is 1. The highest BCUT2D eigenvalue weighted by molar-refractivity contribution is 6.03. The summed E-state index contributed by atoms with van der Waals surface area (Å²) in [5, 5.41) is 6.29. The molecule has 2 rings (SSSR count). The standard InChI is InChI=1S/C13H14FN3O2/c1-2-3-4-9-7-12(19-17-9)16-13(18)10-5-6-15-8-11(10)14/h5-8H,2-4H2,1H3,(H,16,18). The number of hydrogen-bond acceptors (Lipinski definition) is 4. The maximum absolute atomic E-state index is 13.3. The molecule has 1 N–H and O–H groups in total. The Morgan fingerprint density at radius 2 is 2.37 bits per heavy atom. The third-order valence-electron chi connectivity index (χ3n) is 2.60. The van der Waals surface area contributed by atoms with Gasteiger partial charge in [-0.25, -0.2) is 4.39 Å². The summed E-state index contributed by atoms with van der Waals surface area (Å²) in [7, 11) is 0. The van der Waals surface area contributed by atoms with Crippen LogP contribution >= 0.6 is 0 Å². The van der Waals surface area contributed by atoms with Crippen LogP contribution in [0.25, 0.3) is 0 Å². The van der Waals surface area contributed by atoms with Crippen LogP contribution in [0.15, 0.2) is 29.0 Å². The molecule has 2 aromatic rings. The van der Waals surface area contributed by atoms with Crippen LogP contribution in [0.2, 0.25) is 0 Å². The first-order valence-corrected chi connectivity index (χ1v) is 6.07. The third kappa shape index (κ3) is 3.37. The second-order valence-corrected chi connectivity index (χ2v) is 4.10. The van der Waals surface area contributed by atoms with Gasteiger partial charge in [-0.2, -0.15) is 0 Å². The first-order chi connectivity index (χ1) is 9.20. The van der Waals surface area contributed by atoms with Gasteiger partial charge in [0.1, 0.15) is 0 Å². The number of amides is 1. The molecule has 0 fully saturated rings. The molecule has 100 valence electrons. The van der Waals surface area contributed by atoms with Gasteiger partial charge in [0, 0.05) is 12.3 Å². The van der Waals surface area contributed by atoms with E-state index < -0.39 is 11.7 Å². The summed E-state index contributed by atoms with van der Waals surface area (Å²) < 4.78 is 18.3. The number of nitrogens with one attached hydrogen (secondary N) is 1. The maximum Gasteiger partial charge on any atom is 0.261 e. The Morgan fingerprint density at radius 3 is 3.11 bits per heavy atom. The van der Waals surface area contributed by atoms with Gasteiger partial charge < -0.3 is 4.52 Å². The highest BCUT2D eigenvalue weighted by atomic mass is 19.1. The molecule has 0 spiro atoms. The molecule has 2 heterocycles. The zero-order valence-electron chi connectivity index (χ0n) is 10.5. The summed E-state index contributed by atoms with van der Waals surface area (Å²) in [5.74, 6) is -1.05. The van der Waals surface area contributed by atoms with E-state index >= 15 is 0 Å². The van der Waals surface area contributed by atoms with E-state index in [1.165, 1.54) is 12.3 Å². The van der Waals surface area contributed by atoms with Crippen molar-refractivity contribution in [2.45, 2.75) is 26.2 Å². The van der Waals surface area contributed by atoms with Crippen LogP contribution in [-0.4, -0.2) is 16.0 Å². The number of unbranched alkanes of at least 4 members (excludes halogenated alkanes) is 1. The van der Waals surface area contributed by atoms with E-state index in [2.05, 4.69) is 22.4 Å². The molecule has 0 radical (unpaired) electrons. The summed E-state index contributed by atoms with van der Waals surface area (Å²) in [6.45, 7) is 2.08. The number of pyridine rings is 1. The van der Waals surface area contributed by atoms with Crippen molar-refractivity contribution in [3.05, 3.63) is 41.6 Å². The average molecular weight is 263 g/mol. The molecule has 0 saturated heterocycles. The number of anilines is 1. The molecule has 1 amide bonds. The molecule has 6 heteroatoms. The summed E-state index contributed by atoms with van der Waals surface area (Å²) in [5.41, 5.74) is 0.689. The molecule has 19 heavy (non-hydrogen) atoms. The first-order valence-electron chi connectivity index (χ1n) is 6.07. The Kier molecular flexibility index (Phi) is 4.22. The van der Waals surface area contributed by atoms with Crippen molar-refractivity contribution in [3.63, 3.8) is 0 Å². The SMILES string of the molecule is CCCCc1cc(NC(=O)c2ccncc2F)on1. The largest absolute Gasteiger partial charge is 0.338 e. The summed E-state index contributed by atoms with van der Waals surface area (Å²) in [6.07, 6.45) is 5.18. The molecule has 0 aromatic carbocycles. The van der Waals surface area contributed by atoms with Gasteiger partial charge in [0.05, 0.1) is 17.5 Å².